The van der Waals surface area contributed by atoms with Crippen LogP contribution in [0.2, 0.25) is 0 Å². The van der Waals surface area contributed by atoms with Crippen molar-refractivity contribution in [2.45, 2.75) is 33.7 Å². The van der Waals surface area contributed by atoms with E-state index in [1.54, 1.807) is 0 Å². The molecule has 4 nitrogen and oxygen atoms in total. The van der Waals surface area contributed by atoms with Gasteiger partial charge < -0.3 is 11.1 Å². The maximum atomic E-state index is 5.76. The molecule has 2 rings (SSSR count). The van der Waals surface area contributed by atoms with Crippen LogP contribution in [0.5, 0.6) is 0 Å². The van der Waals surface area contributed by atoms with Crippen LogP contribution in [0.25, 0.3) is 0 Å². The highest BCUT2D eigenvalue weighted by atomic mass is 32.1. The second-order valence-corrected chi connectivity index (χ2v) is 5.78. The third-order valence-corrected chi connectivity index (χ3v) is 3.63. The Hall–Kier alpha value is -1.88. The minimum absolute atomic E-state index is 0.427. The summed E-state index contributed by atoms with van der Waals surface area (Å²) in [4.78, 5) is 0.427. The lowest BCUT2D eigenvalue weighted by atomic mass is 10.1. The molecule has 1 heterocycles. The van der Waals surface area contributed by atoms with Crippen LogP contribution < -0.4 is 11.1 Å². The summed E-state index contributed by atoms with van der Waals surface area (Å²) < 4.78 is 2.04. The van der Waals surface area contributed by atoms with E-state index in [0.29, 0.717) is 4.99 Å². The first-order chi connectivity index (χ1) is 9.97. The van der Waals surface area contributed by atoms with Gasteiger partial charge in [0.05, 0.1) is 5.69 Å². The maximum Gasteiger partial charge on any atom is 0.106 e. The lowest BCUT2D eigenvalue weighted by Crippen LogP contribution is -2.15. The highest BCUT2D eigenvalue weighted by molar-refractivity contribution is 7.80. The van der Waals surface area contributed by atoms with Gasteiger partial charge in [0.25, 0.3) is 0 Å². The number of aromatic nitrogens is 2. The van der Waals surface area contributed by atoms with Crippen LogP contribution in [-0.2, 0) is 6.54 Å². The molecular formula is C16H22N4S. The van der Waals surface area contributed by atoms with Crippen molar-refractivity contribution in [3.63, 3.8) is 0 Å². The van der Waals surface area contributed by atoms with Gasteiger partial charge in [-0.05, 0) is 51.0 Å². The maximum absolute atomic E-state index is 5.76. The molecule has 3 N–H and O–H groups in total. The van der Waals surface area contributed by atoms with Crippen LogP contribution in [0.1, 0.15) is 28.9 Å². The molecule has 0 saturated carbocycles. The minimum Gasteiger partial charge on any atom is -0.389 e. The summed E-state index contributed by atoms with van der Waals surface area (Å²) in [6, 6.07) is 8.17. The molecule has 1 aromatic heterocycles. The van der Waals surface area contributed by atoms with Crippen molar-refractivity contribution in [2.75, 3.05) is 11.9 Å². The number of hydrogen-bond acceptors (Lipinski definition) is 3. The topological polar surface area (TPSA) is 55.9 Å². The Labute approximate surface area is 131 Å². The van der Waals surface area contributed by atoms with Crippen molar-refractivity contribution in [2.24, 2.45) is 5.73 Å². The number of rotatable bonds is 6. The predicted molar refractivity (Wildman–Crippen MR) is 91.9 cm³/mol. The van der Waals surface area contributed by atoms with E-state index in [2.05, 4.69) is 36.4 Å². The molecule has 0 atom stereocenters. The second kappa shape index (κ2) is 6.72. The monoisotopic (exact) mass is 302 g/mol. The van der Waals surface area contributed by atoms with Gasteiger partial charge in [0.1, 0.15) is 4.99 Å². The molecule has 0 saturated heterocycles. The number of nitrogens with zero attached hydrogens (tertiary/aromatic N) is 2. The third kappa shape index (κ3) is 4.04. The normalized spacial score (nSPS) is 10.6. The molecule has 0 amide bonds. The number of hydrogen-bond donors (Lipinski definition) is 2. The zero-order valence-electron chi connectivity index (χ0n) is 12.8. The molecule has 0 bridgehead atoms. The van der Waals surface area contributed by atoms with E-state index < -0.39 is 0 Å². The van der Waals surface area contributed by atoms with Crippen molar-refractivity contribution >= 4 is 22.9 Å². The van der Waals surface area contributed by atoms with Gasteiger partial charge in [-0.1, -0.05) is 18.3 Å². The zero-order valence-corrected chi connectivity index (χ0v) is 13.6. The summed E-state index contributed by atoms with van der Waals surface area (Å²) in [5.74, 6) is 0. The number of nitrogens with one attached hydrogen (secondary N) is 1. The Morgan fingerprint density at radius 3 is 2.67 bits per heavy atom. The molecule has 0 aliphatic heterocycles. The summed E-state index contributed by atoms with van der Waals surface area (Å²) in [5.41, 5.74) is 11.1. The molecule has 0 fully saturated rings. The summed E-state index contributed by atoms with van der Waals surface area (Å²) in [6.45, 7) is 7.92. The Bertz CT molecular complexity index is 646. The Balaban J connectivity index is 1.93. The van der Waals surface area contributed by atoms with Crippen LogP contribution in [0, 0.1) is 20.8 Å². The van der Waals surface area contributed by atoms with Crippen LogP contribution >= 0.6 is 12.2 Å². The average molecular weight is 302 g/mol. The van der Waals surface area contributed by atoms with Gasteiger partial charge in [0.2, 0.25) is 0 Å². The van der Waals surface area contributed by atoms with Crippen molar-refractivity contribution in [3.8, 4) is 0 Å². The fraction of sp³-hybridized carbons (Fsp3) is 0.375. The molecule has 112 valence electrons. The van der Waals surface area contributed by atoms with Crippen LogP contribution in [-0.4, -0.2) is 21.3 Å². The van der Waals surface area contributed by atoms with Crippen LogP contribution in [0.15, 0.2) is 24.3 Å². The molecular weight excluding hydrogens is 280 g/mol. The van der Waals surface area contributed by atoms with Gasteiger partial charge in [-0.3, -0.25) is 4.68 Å². The average Bonchev–Trinajstić information content (AvgIpc) is 2.73. The molecule has 5 heteroatoms. The summed E-state index contributed by atoms with van der Waals surface area (Å²) >= 11 is 5.09. The van der Waals surface area contributed by atoms with E-state index in [9.17, 15) is 0 Å². The van der Waals surface area contributed by atoms with Crippen LogP contribution in [0.4, 0.5) is 5.69 Å². The van der Waals surface area contributed by atoms with E-state index in [1.807, 2.05) is 23.7 Å². The molecule has 0 spiro atoms. The Morgan fingerprint density at radius 1 is 1.29 bits per heavy atom. The van der Waals surface area contributed by atoms with E-state index in [4.69, 9.17) is 18.0 Å². The highest BCUT2D eigenvalue weighted by Crippen LogP contribution is 2.17. The largest absolute Gasteiger partial charge is 0.389 e. The fourth-order valence-corrected chi connectivity index (χ4v) is 2.55. The molecule has 21 heavy (non-hydrogen) atoms. The first kappa shape index (κ1) is 15.5. The predicted octanol–water partition coefficient (Wildman–Crippen LogP) is 2.94. The SMILES string of the molecule is Cc1ccc(C(N)=S)c(NCCCn2nc(C)cc2C)c1. The van der Waals surface area contributed by atoms with Gasteiger partial charge in [0.15, 0.2) is 0 Å². The molecule has 1 aromatic carbocycles. The van der Waals surface area contributed by atoms with Crippen molar-refractivity contribution in [3.05, 3.63) is 46.8 Å². The van der Waals surface area contributed by atoms with Crippen molar-refractivity contribution in [1.29, 1.82) is 0 Å². The van der Waals surface area contributed by atoms with Crippen molar-refractivity contribution < 1.29 is 0 Å². The number of aryl methyl sites for hydroxylation is 4. The van der Waals surface area contributed by atoms with Gasteiger partial charge in [0, 0.05) is 30.0 Å². The van der Waals surface area contributed by atoms with Crippen LogP contribution in [0.3, 0.4) is 0 Å². The van der Waals surface area contributed by atoms with E-state index >= 15 is 0 Å². The van der Waals surface area contributed by atoms with Gasteiger partial charge in [-0.15, -0.1) is 0 Å². The standard InChI is InChI=1S/C16H22N4S/c1-11-5-6-14(16(17)21)15(9-11)18-7-4-8-20-13(3)10-12(2)19-20/h5-6,9-10,18H,4,7-8H2,1-3H3,(H2,17,21). The third-order valence-electron chi connectivity index (χ3n) is 3.41. The molecule has 0 aliphatic rings. The number of thiocarbonyl (C=S) groups is 1. The fourth-order valence-electron chi connectivity index (χ4n) is 2.37. The van der Waals surface area contributed by atoms with Gasteiger partial charge >= 0.3 is 0 Å². The summed E-state index contributed by atoms with van der Waals surface area (Å²) in [5, 5.41) is 7.89. The molecule has 0 radical (unpaired) electrons. The first-order valence-corrected chi connectivity index (χ1v) is 7.53. The lowest BCUT2D eigenvalue weighted by Gasteiger charge is -2.12. The van der Waals surface area contributed by atoms with E-state index in [0.717, 1.165) is 36.5 Å². The summed E-state index contributed by atoms with van der Waals surface area (Å²) in [6.07, 6.45) is 0.993. The second-order valence-electron chi connectivity index (χ2n) is 5.34. The molecule has 0 aliphatic carbocycles. The smallest absolute Gasteiger partial charge is 0.106 e. The van der Waals surface area contributed by atoms with Crippen molar-refractivity contribution in [1.82, 2.24) is 9.78 Å². The number of nitrogens with two attached hydrogens (primary N) is 1. The lowest BCUT2D eigenvalue weighted by molar-refractivity contribution is 0.574. The van der Waals surface area contributed by atoms with Gasteiger partial charge in [-0.2, -0.15) is 5.10 Å². The first-order valence-electron chi connectivity index (χ1n) is 7.13. The Morgan fingerprint density at radius 2 is 2.05 bits per heavy atom. The van der Waals surface area contributed by atoms with Gasteiger partial charge in [-0.25, -0.2) is 0 Å². The van der Waals surface area contributed by atoms with E-state index in [-0.39, 0.29) is 0 Å². The summed E-state index contributed by atoms with van der Waals surface area (Å²) in [7, 11) is 0. The number of anilines is 1. The zero-order chi connectivity index (χ0) is 15.4. The quantitative estimate of drug-likeness (QED) is 0.636. The number of benzene rings is 1. The highest BCUT2D eigenvalue weighted by Gasteiger charge is 2.05. The Kier molecular flexibility index (Phi) is 4.96. The van der Waals surface area contributed by atoms with E-state index in [1.165, 1.54) is 11.3 Å². The minimum atomic E-state index is 0.427. The molecule has 0 unspecified atom stereocenters. The molecule has 2 aromatic rings.